The Labute approximate surface area is 143 Å². The molecule has 1 heterocycles. The van der Waals surface area contributed by atoms with E-state index in [1.54, 1.807) is 53.4 Å². The number of nitrogens with zero attached hydrogens (tertiary/aromatic N) is 1. The molecule has 1 aliphatic carbocycles. The van der Waals surface area contributed by atoms with Crippen LogP contribution in [0.3, 0.4) is 0 Å². The number of aliphatic carboxylic acids is 1. The lowest BCUT2D eigenvalue weighted by atomic mass is 9.85. The number of para-hydroxylation sites is 1. The molecule has 0 bridgehead atoms. The molecule has 0 spiro atoms. The molecule has 7 heteroatoms. The summed E-state index contributed by atoms with van der Waals surface area (Å²) < 4.78 is 1.77. The molecule has 7 nitrogen and oxygen atoms in total. The molecule has 2 amide bonds. The first-order valence-corrected chi connectivity index (χ1v) is 7.76. The first-order chi connectivity index (χ1) is 12.0. The molecule has 3 rings (SSSR count). The van der Waals surface area contributed by atoms with E-state index in [1.807, 2.05) is 12.1 Å². The zero-order valence-electron chi connectivity index (χ0n) is 13.3. The maximum Gasteiger partial charge on any atom is 0.319 e. The van der Waals surface area contributed by atoms with Gasteiger partial charge in [0.05, 0.1) is 11.3 Å². The van der Waals surface area contributed by atoms with E-state index in [4.69, 9.17) is 0 Å². The van der Waals surface area contributed by atoms with Crippen molar-refractivity contribution in [3.8, 4) is 5.69 Å². The zero-order valence-corrected chi connectivity index (χ0v) is 13.3. The number of carboxylic acids is 1. The van der Waals surface area contributed by atoms with Gasteiger partial charge in [-0.05, 0) is 37.1 Å². The van der Waals surface area contributed by atoms with Crippen molar-refractivity contribution in [2.45, 2.75) is 12.8 Å². The van der Waals surface area contributed by atoms with Crippen LogP contribution >= 0.6 is 0 Å². The number of carbonyl (C=O) groups is 3. The second-order valence-electron chi connectivity index (χ2n) is 5.78. The number of nitrogens with one attached hydrogen (secondary N) is 2. The van der Waals surface area contributed by atoms with Gasteiger partial charge in [0.15, 0.2) is 5.41 Å². The van der Waals surface area contributed by atoms with Crippen molar-refractivity contribution in [2.24, 2.45) is 5.41 Å². The highest BCUT2D eigenvalue weighted by Crippen LogP contribution is 2.33. The van der Waals surface area contributed by atoms with Crippen LogP contribution in [0, 0.1) is 5.41 Å². The monoisotopic (exact) mass is 339 g/mol. The van der Waals surface area contributed by atoms with Crippen molar-refractivity contribution in [3.05, 3.63) is 66.5 Å². The normalized spacial score (nSPS) is 14.9. The summed E-state index contributed by atoms with van der Waals surface area (Å²) in [5.41, 5.74) is 4.00. The third-order valence-electron chi connectivity index (χ3n) is 4.26. The summed E-state index contributed by atoms with van der Waals surface area (Å²) in [6.07, 6.45) is 7.10. The number of allylic oxidation sites excluding steroid dienone is 2. The Balaban J connectivity index is 1.74. The molecule has 1 aromatic carbocycles. The van der Waals surface area contributed by atoms with Crippen LogP contribution in [-0.2, 0) is 9.59 Å². The number of hydrogen-bond donors (Lipinski definition) is 3. The van der Waals surface area contributed by atoms with E-state index in [1.165, 1.54) is 0 Å². The Morgan fingerprint density at radius 3 is 2.24 bits per heavy atom. The zero-order chi connectivity index (χ0) is 17.9. The van der Waals surface area contributed by atoms with Crippen LogP contribution in [0.5, 0.6) is 0 Å². The van der Waals surface area contributed by atoms with Gasteiger partial charge in [-0.1, -0.05) is 24.3 Å². The van der Waals surface area contributed by atoms with E-state index in [2.05, 4.69) is 10.9 Å². The number of amides is 2. The largest absolute Gasteiger partial charge is 0.480 e. The van der Waals surface area contributed by atoms with Gasteiger partial charge in [0, 0.05) is 12.4 Å². The fraction of sp³-hybridized carbons (Fsp3) is 0.167. The number of benzene rings is 1. The summed E-state index contributed by atoms with van der Waals surface area (Å²) in [6.45, 7) is 0. The number of hydrogen-bond acceptors (Lipinski definition) is 3. The fourth-order valence-electron chi connectivity index (χ4n) is 2.80. The van der Waals surface area contributed by atoms with Gasteiger partial charge < -0.3 is 9.67 Å². The van der Waals surface area contributed by atoms with Crippen molar-refractivity contribution in [1.82, 2.24) is 15.4 Å². The van der Waals surface area contributed by atoms with Crippen molar-refractivity contribution in [3.63, 3.8) is 0 Å². The number of hydrazine groups is 1. The molecular weight excluding hydrogens is 322 g/mol. The maximum absolute atomic E-state index is 12.5. The molecule has 1 aromatic heterocycles. The molecule has 25 heavy (non-hydrogen) atoms. The quantitative estimate of drug-likeness (QED) is 0.448. The Kier molecular flexibility index (Phi) is 4.38. The van der Waals surface area contributed by atoms with Crippen LogP contribution in [0.4, 0.5) is 0 Å². The Morgan fingerprint density at radius 1 is 0.960 bits per heavy atom. The van der Waals surface area contributed by atoms with Gasteiger partial charge in [-0.25, -0.2) is 0 Å². The Morgan fingerprint density at radius 2 is 1.60 bits per heavy atom. The molecular formula is C18H17N3O4. The summed E-state index contributed by atoms with van der Waals surface area (Å²) in [7, 11) is 0. The third kappa shape index (κ3) is 3.03. The minimum absolute atomic E-state index is 0.101. The minimum Gasteiger partial charge on any atom is -0.480 e. The highest BCUT2D eigenvalue weighted by Gasteiger charge is 2.46. The van der Waals surface area contributed by atoms with Crippen molar-refractivity contribution in [2.75, 3.05) is 0 Å². The lowest BCUT2D eigenvalue weighted by Crippen LogP contribution is -2.51. The van der Waals surface area contributed by atoms with Gasteiger partial charge in [-0.15, -0.1) is 0 Å². The second-order valence-corrected chi connectivity index (χ2v) is 5.78. The van der Waals surface area contributed by atoms with Gasteiger partial charge in [0.2, 0.25) is 0 Å². The number of rotatable bonds is 4. The Hall–Kier alpha value is -3.35. The number of carbonyl (C=O) groups excluding carboxylic acids is 2. The highest BCUT2D eigenvalue weighted by molar-refractivity contribution is 6.04. The van der Waals surface area contributed by atoms with Crippen LogP contribution in [0.15, 0.2) is 60.9 Å². The predicted octanol–water partition coefficient (Wildman–Crippen LogP) is 1.66. The van der Waals surface area contributed by atoms with Crippen molar-refractivity contribution < 1.29 is 19.5 Å². The summed E-state index contributed by atoms with van der Waals surface area (Å²) in [5, 5.41) is 9.37. The molecule has 2 aromatic rings. The molecule has 128 valence electrons. The SMILES string of the molecule is O=C(NNC(=O)C1(C(=O)O)CC=CC1)c1ccccc1-n1cccc1. The van der Waals surface area contributed by atoms with Gasteiger partial charge in [-0.3, -0.25) is 25.2 Å². The molecule has 3 N–H and O–H groups in total. The molecule has 1 aliphatic rings. The molecule has 0 saturated heterocycles. The third-order valence-corrected chi connectivity index (χ3v) is 4.26. The molecule has 0 saturated carbocycles. The van der Waals surface area contributed by atoms with E-state index in [0.29, 0.717) is 11.3 Å². The maximum atomic E-state index is 12.5. The van der Waals surface area contributed by atoms with Gasteiger partial charge in [-0.2, -0.15) is 0 Å². The summed E-state index contributed by atoms with van der Waals surface area (Å²) in [6, 6.07) is 10.6. The highest BCUT2D eigenvalue weighted by atomic mass is 16.4. The lowest BCUT2D eigenvalue weighted by molar-refractivity contribution is -0.155. The lowest BCUT2D eigenvalue weighted by Gasteiger charge is -2.22. The number of carboxylic acid groups (broad SMARTS) is 1. The first kappa shape index (κ1) is 16.5. The topological polar surface area (TPSA) is 100 Å². The fourth-order valence-corrected chi connectivity index (χ4v) is 2.80. The Bertz CT molecular complexity index is 832. The van der Waals surface area contributed by atoms with Gasteiger partial charge >= 0.3 is 5.97 Å². The van der Waals surface area contributed by atoms with Gasteiger partial charge in [0.1, 0.15) is 0 Å². The summed E-state index contributed by atoms with van der Waals surface area (Å²) >= 11 is 0. The van der Waals surface area contributed by atoms with E-state index < -0.39 is 23.2 Å². The molecule has 0 unspecified atom stereocenters. The standard InChI is InChI=1S/C18H17N3O4/c22-15(13-7-1-2-8-14(13)21-11-5-6-12-21)19-20-16(23)18(17(24)25)9-3-4-10-18/h1-8,11-12H,9-10H2,(H,19,22)(H,20,23)(H,24,25). The summed E-state index contributed by atoms with van der Waals surface area (Å²) in [4.78, 5) is 36.2. The van der Waals surface area contributed by atoms with Crippen molar-refractivity contribution in [1.29, 1.82) is 0 Å². The first-order valence-electron chi connectivity index (χ1n) is 7.76. The molecule has 0 fully saturated rings. The second kappa shape index (κ2) is 6.64. The smallest absolute Gasteiger partial charge is 0.319 e. The van der Waals surface area contributed by atoms with E-state index in [0.717, 1.165) is 0 Å². The average Bonchev–Trinajstić information content (AvgIpc) is 3.31. The van der Waals surface area contributed by atoms with Gasteiger partial charge in [0.25, 0.3) is 11.8 Å². The minimum atomic E-state index is -1.56. The average molecular weight is 339 g/mol. The van der Waals surface area contributed by atoms with Crippen LogP contribution in [0.1, 0.15) is 23.2 Å². The molecule has 0 aliphatic heterocycles. The predicted molar refractivity (Wildman–Crippen MR) is 89.8 cm³/mol. The van der Waals surface area contributed by atoms with E-state index >= 15 is 0 Å². The van der Waals surface area contributed by atoms with E-state index in [9.17, 15) is 19.5 Å². The van der Waals surface area contributed by atoms with Crippen LogP contribution in [-0.4, -0.2) is 27.5 Å². The van der Waals surface area contributed by atoms with E-state index in [-0.39, 0.29) is 12.8 Å². The van der Waals surface area contributed by atoms with Crippen LogP contribution < -0.4 is 10.9 Å². The summed E-state index contributed by atoms with van der Waals surface area (Å²) in [5.74, 6) is -2.47. The van der Waals surface area contributed by atoms with Crippen LogP contribution in [0.2, 0.25) is 0 Å². The molecule has 0 radical (unpaired) electrons. The molecule has 0 atom stereocenters. The van der Waals surface area contributed by atoms with Crippen molar-refractivity contribution >= 4 is 17.8 Å². The van der Waals surface area contributed by atoms with Crippen LogP contribution in [0.25, 0.3) is 5.69 Å². The number of aromatic nitrogens is 1.